The third-order valence-corrected chi connectivity index (χ3v) is 4.91. The van der Waals surface area contributed by atoms with Gasteiger partial charge >= 0.3 is 0 Å². The Morgan fingerprint density at radius 1 is 1.23 bits per heavy atom. The number of piperidine rings is 1. The molecule has 0 amide bonds. The van der Waals surface area contributed by atoms with E-state index in [4.69, 9.17) is 4.74 Å². The van der Waals surface area contributed by atoms with Crippen molar-refractivity contribution in [3.05, 3.63) is 48.8 Å². The zero-order chi connectivity index (χ0) is 14.8. The molecule has 116 valence electrons. The van der Waals surface area contributed by atoms with Crippen molar-refractivity contribution in [2.45, 2.75) is 37.5 Å². The van der Waals surface area contributed by atoms with E-state index >= 15 is 0 Å². The molecule has 0 unspecified atom stereocenters. The van der Waals surface area contributed by atoms with Gasteiger partial charge in [0.15, 0.2) is 0 Å². The van der Waals surface area contributed by atoms with Crippen molar-refractivity contribution >= 4 is 0 Å². The third-order valence-electron chi connectivity index (χ3n) is 4.91. The van der Waals surface area contributed by atoms with Gasteiger partial charge in [-0.25, -0.2) is 4.98 Å². The maximum atomic E-state index is 6.28. The molecule has 5 nitrogen and oxygen atoms in total. The fourth-order valence-electron chi connectivity index (χ4n) is 3.85. The number of ether oxygens (including phenoxy) is 1. The van der Waals surface area contributed by atoms with Gasteiger partial charge in [0.1, 0.15) is 0 Å². The first-order chi connectivity index (χ1) is 10.8. The molecule has 2 aromatic rings. The average molecular weight is 298 g/mol. The van der Waals surface area contributed by atoms with Crippen molar-refractivity contribution in [2.24, 2.45) is 0 Å². The van der Waals surface area contributed by atoms with Crippen molar-refractivity contribution in [3.8, 4) is 0 Å². The van der Waals surface area contributed by atoms with Crippen LogP contribution in [0.5, 0.6) is 0 Å². The maximum Gasteiger partial charge on any atom is 0.0949 e. The molecule has 0 aliphatic carbocycles. The molecule has 0 bridgehead atoms. The first kappa shape index (κ1) is 13.9. The number of likely N-dealkylation sites (tertiary alicyclic amines) is 1. The lowest BCUT2D eigenvalue weighted by Crippen LogP contribution is -2.47. The smallest absolute Gasteiger partial charge is 0.0949 e. The Morgan fingerprint density at radius 2 is 2.14 bits per heavy atom. The zero-order valence-corrected chi connectivity index (χ0v) is 12.8. The summed E-state index contributed by atoms with van der Waals surface area (Å²) in [6.45, 7) is 3.98. The van der Waals surface area contributed by atoms with Crippen LogP contribution in [0.3, 0.4) is 0 Å². The lowest BCUT2D eigenvalue weighted by Gasteiger charge is -2.39. The van der Waals surface area contributed by atoms with Gasteiger partial charge in [0.25, 0.3) is 0 Å². The summed E-state index contributed by atoms with van der Waals surface area (Å²) in [6.07, 6.45) is 13.0. The second-order valence-corrected chi connectivity index (χ2v) is 6.53. The summed E-state index contributed by atoms with van der Waals surface area (Å²) < 4.78 is 8.47. The molecule has 0 N–H and O–H groups in total. The van der Waals surface area contributed by atoms with Crippen LogP contribution in [-0.2, 0) is 11.3 Å². The highest BCUT2D eigenvalue weighted by Gasteiger charge is 2.43. The highest BCUT2D eigenvalue weighted by atomic mass is 16.5. The lowest BCUT2D eigenvalue weighted by atomic mass is 9.88. The number of hydrogen-bond acceptors (Lipinski definition) is 4. The van der Waals surface area contributed by atoms with Crippen LogP contribution in [-0.4, -0.2) is 44.7 Å². The fourth-order valence-corrected chi connectivity index (χ4v) is 3.85. The van der Waals surface area contributed by atoms with Crippen molar-refractivity contribution in [3.63, 3.8) is 0 Å². The monoisotopic (exact) mass is 298 g/mol. The van der Waals surface area contributed by atoms with Gasteiger partial charge in [0, 0.05) is 44.3 Å². The Bertz CT molecular complexity index is 600. The summed E-state index contributed by atoms with van der Waals surface area (Å²) in [5.41, 5.74) is 1.36. The van der Waals surface area contributed by atoms with Crippen LogP contribution in [0.15, 0.2) is 43.2 Å². The van der Waals surface area contributed by atoms with Crippen molar-refractivity contribution in [1.82, 2.24) is 19.4 Å². The summed E-state index contributed by atoms with van der Waals surface area (Å²) in [4.78, 5) is 10.8. The van der Waals surface area contributed by atoms with E-state index in [1.54, 1.807) is 0 Å². The first-order valence-corrected chi connectivity index (χ1v) is 8.06. The fraction of sp³-hybridized carbons (Fsp3) is 0.529. The SMILES string of the molecule is c1cc(CN2CCC[C@@]3(C[C@@H](n4ccnc4)CO3)C2)ccn1. The first-order valence-electron chi connectivity index (χ1n) is 8.06. The molecule has 1 spiro atoms. The van der Waals surface area contributed by atoms with Gasteiger partial charge in [0.05, 0.1) is 24.6 Å². The van der Waals surface area contributed by atoms with Crippen molar-refractivity contribution in [1.29, 1.82) is 0 Å². The molecule has 22 heavy (non-hydrogen) atoms. The molecule has 2 aliphatic heterocycles. The van der Waals surface area contributed by atoms with E-state index < -0.39 is 0 Å². The van der Waals surface area contributed by atoms with Crippen LogP contribution >= 0.6 is 0 Å². The van der Waals surface area contributed by atoms with Crippen LogP contribution in [0.25, 0.3) is 0 Å². The standard InChI is InChI=1S/C17H22N4O/c1-4-17(10-16(12-22-17)21-9-7-19-14-21)13-20(8-1)11-15-2-5-18-6-3-15/h2-3,5-7,9,14,16H,1,4,8,10-13H2/t16-,17-/m1/s1. The highest BCUT2D eigenvalue weighted by molar-refractivity contribution is 5.10. The minimum Gasteiger partial charge on any atom is -0.371 e. The van der Waals surface area contributed by atoms with Gasteiger partial charge in [-0.15, -0.1) is 0 Å². The predicted octanol–water partition coefficient (Wildman–Crippen LogP) is 2.27. The van der Waals surface area contributed by atoms with E-state index in [2.05, 4.69) is 31.6 Å². The number of rotatable bonds is 3. The second kappa shape index (κ2) is 5.82. The molecule has 4 rings (SSSR count). The van der Waals surface area contributed by atoms with E-state index in [0.717, 1.165) is 32.7 Å². The number of nitrogens with zero attached hydrogens (tertiary/aromatic N) is 4. The largest absolute Gasteiger partial charge is 0.371 e. The Morgan fingerprint density at radius 3 is 2.95 bits per heavy atom. The quantitative estimate of drug-likeness (QED) is 0.872. The zero-order valence-electron chi connectivity index (χ0n) is 12.8. The Labute approximate surface area is 130 Å². The van der Waals surface area contributed by atoms with Crippen molar-refractivity contribution < 1.29 is 4.74 Å². The van der Waals surface area contributed by atoms with Gasteiger partial charge in [-0.05, 0) is 37.1 Å². The summed E-state index contributed by atoms with van der Waals surface area (Å²) >= 11 is 0. The van der Waals surface area contributed by atoms with Crippen LogP contribution in [0.1, 0.15) is 30.9 Å². The molecule has 2 atom stereocenters. The molecular weight excluding hydrogens is 276 g/mol. The molecule has 0 radical (unpaired) electrons. The van der Waals surface area contributed by atoms with E-state index in [1.165, 1.54) is 18.4 Å². The molecule has 2 saturated heterocycles. The van der Waals surface area contributed by atoms with Gasteiger partial charge in [-0.2, -0.15) is 0 Å². The van der Waals surface area contributed by atoms with Gasteiger partial charge in [-0.1, -0.05) is 0 Å². The summed E-state index contributed by atoms with van der Waals surface area (Å²) in [7, 11) is 0. The second-order valence-electron chi connectivity index (χ2n) is 6.53. The van der Waals surface area contributed by atoms with Crippen molar-refractivity contribution in [2.75, 3.05) is 19.7 Å². The molecule has 2 aromatic heterocycles. The molecular formula is C17H22N4O. The van der Waals surface area contributed by atoms with E-state index in [1.807, 2.05) is 31.1 Å². The van der Waals surface area contributed by atoms with Crippen LogP contribution in [0, 0.1) is 0 Å². The summed E-state index contributed by atoms with van der Waals surface area (Å²) in [5.74, 6) is 0. The van der Waals surface area contributed by atoms with Crippen LogP contribution in [0.2, 0.25) is 0 Å². The topological polar surface area (TPSA) is 43.2 Å². The third kappa shape index (κ3) is 2.78. The molecule has 0 saturated carbocycles. The Hall–Kier alpha value is -1.72. The normalized spacial score (nSPS) is 29.2. The van der Waals surface area contributed by atoms with Gasteiger partial charge in [0.2, 0.25) is 0 Å². The van der Waals surface area contributed by atoms with Gasteiger partial charge < -0.3 is 9.30 Å². The maximum absolute atomic E-state index is 6.28. The predicted molar refractivity (Wildman–Crippen MR) is 83.3 cm³/mol. The summed E-state index contributed by atoms with van der Waals surface area (Å²) in [5, 5.41) is 0. The molecule has 4 heterocycles. The number of imidazole rings is 1. The molecule has 0 aromatic carbocycles. The molecule has 2 aliphatic rings. The number of aromatic nitrogens is 3. The summed E-state index contributed by atoms with van der Waals surface area (Å²) in [6, 6.07) is 4.64. The highest BCUT2D eigenvalue weighted by Crippen LogP contribution is 2.39. The molecule has 2 fully saturated rings. The minimum atomic E-state index is 0.0280. The number of pyridine rings is 1. The van der Waals surface area contributed by atoms with E-state index in [-0.39, 0.29) is 5.60 Å². The Balaban J connectivity index is 1.43. The number of hydrogen-bond donors (Lipinski definition) is 0. The van der Waals surface area contributed by atoms with E-state index in [0.29, 0.717) is 6.04 Å². The minimum absolute atomic E-state index is 0.0280. The van der Waals surface area contributed by atoms with Crippen LogP contribution in [0.4, 0.5) is 0 Å². The molecule has 5 heteroatoms. The van der Waals surface area contributed by atoms with E-state index in [9.17, 15) is 0 Å². The van der Waals surface area contributed by atoms with Crippen LogP contribution < -0.4 is 0 Å². The Kier molecular flexibility index (Phi) is 3.68. The van der Waals surface area contributed by atoms with Gasteiger partial charge in [-0.3, -0.25) is 9.88 Å². The average Bonchev–Trinajstić information content (AvgIpc) is 3.19. The lowest BCUT2D eigenvalue weighted by molar-refractivity contribution is -0.0534.